The van der Waals surface area contributed by atoms with E-state index in [0.29, 0.717) is 23.4 Å². The van der Waals surface area contributed by atoms with Gasteiger partial charge in [0.05, 0.1) is 19.5 Å². The quantitative estimate of drug-likeness (QED) is 0.0741. The standard InChI is InChI=1S/C30H31ClN6O7/c1-3-22(39)26(37-18-34-23-24(35-29(31)36-25(23)37)33-15-20-12-8-5-9-13-20)44-21(16-38)17-43-30(28(41)42,27(40)32-2)14-19-10-6-4-7-11-19/h1,4-13,18,21-22,26,38-39H,14-17H2,2H3,(H,32,40)(H,41,42)(H,33,35,36)/t21-,22+,26+,30?/m0/s1. The van der Waals surface area contributed by atoms with E-state index >= 15 is 0 Å². The summed E-state index contributed by atoms with van der Waals surface area (Å²) in [5.41, 5.74) is -0.390. The molecular formula is C30H31ClN6O7. The van der Waals surface area contributed by atoms with Crippen LogP contribution in [-0.4, -0.2) is 84.8 Å². The van der Waals surface area contributed by atoms with Crippen molar-refractivity contribution < 1.29 is 34.4 Å². The third kappa shape index (κ3) is 7.31. The van der Waals surface area contributed by atoms with Gasteiger partial charge in [0, 0.05) is 20.0 Å². The average molecular weight is 623 g/mol. The number of fused-ring (bicyclic) bond motifs is 1. The molecule has 5 N–H and O–H groups in total. The lowest BCUT2D eigenvalue weighted by molar-refractivity contribution is -0.187. The molecule has 0 bridgehead atoms. The molecular weight excluding hydrogens is 592 g/mol. The Labute approximate surface area is 257 Å². The lowest BCUT2D eigenvalue weighted by atomic mass is 9.93. The van der Waals surface area contributed by atoms with Gasteiger partial charge >= 0.3 is 5.97 Å². The second-order valence-corrected chi connectivity index (χ2v) is 9.97. The minimum Gasteiger partial charge on any atom is -0.479 e. The van der Waals surface area contributed by atoms with Crippen LogP contribution in [0.5, 0.6) is 0 Å². The zero-order valence-corrected chi connectivity index (χ0v) is 24.4. The number of benzene rings is 2. The number of carbonyl (C=O) groups excluding carboxylic acids is 1. The maximum absolute atomic E-state index is 12.9. The Morgan fingerprint density at radius 2 is 1.77 bits per heavy atom. The summed E-state index contributed by atoms with van der Waals surface area (Å²) in [6.07, 6.45) is 2.31. The molecule has 1 unspecified atom stereocenters. The van der Waals surface area contributed by atoms with Crippen molar-refractivity contribution in [2.45, 2.75) is 37.0 Å². The molecule has 0 aliphatic heterocycles. The van der Waals surface area contributed by atoms with E-state index in [4.69, 9.17) is 27.5 Å². The van der Waals surface area contributed by atoms with Gasteiger partial charge in [0.25, 0.3) is 5.91 Å². The van der Waals surface area contributed by atoms with Crippen molar-refractivity contribution in [3.05, 3.63) is 83.4 Å². The zero-order valence-electron chi connectivity index (χ0n) is 23.6. The monoisotopic (exact) mass is 622 g/mol. The number of nitrogens with zero attached hydrogens (tertiary/aromatic N) is 4. The summed E-state index contributed by atoms with van der Waals surface area (Å²) in [6, 6.07) is 18.0. The summed E-state index contributed by atoms with van der Waals surface area (Å²) in [7, 11) is 1.29. The number of hydrogen-bond donors (Lipinski definition) is 5. The van der Waals surface area contributed by atoms with Crippen LogP contribution in [0.3, 0.4) is 0 Å². The average Bonchev–Trinajstić information content (AvgIpc) is 3.46. The first kappa shape index (κ1) is 32.3. The molecule has 4 atom stereocenters. The Bertz CT molecular complexity index is 1610. The van der Waals surface area contributed by atoms with Crippen LogP contribution in [0.1, 0.15) is 17.4 Å². The molecule has 0 fully saturated rings. The first-order chi connectivity index (χ1) is 21.2. The van der Waals surface area contributed by atoms with Crippen molar-refractivity contribution in [1.82, 2.24) is 24.8 Å². The fourth-order valence-corrected chi connectivity index (χ4v) is 4.60. The van der Waals surface area contributed by atoms with Crippen LogP contribution >= 0.6 is 11.6 Å². The number of terminal acetylenes is 1. The van der Waals surface area contributed by atoms with Gasteiger partial charge in [0.15, 0.2) is 29.3 Å². The highest BCUT2D eigenvalue weighted by Crippen LogP contribution is 2.28. The van der Waals surface area contributed by atoms with Gasteiger partial charge in [-0.25, -0.2) is 9.78 Å². The molecule has 2 aromatic heterocycles. The highest BCUT2D eigenvalue weighted by Gasteiger charge is 2.48. The lowest BCUT2D eigenvalue weighted by Gasteiger charge is -2.31. The Balaban J connectivity index is 1.61. The molecule has 44 heavy (non-hydrogen) atoms. The fraction of sp³-hybridized carbons (Fsp3) is 0.300. The van der Waals surface area contributed by atoms with Gasteiger partial charge in [0.1, 0.15) is 6.10 Å². The number of halogens is 1. The number of anilines is 1. The highest BCUT2D eigenvalue weighted by molar-refractivity contribution is 6.28. The van der Waals surface area contributed by atoms with Crippen molar-refractivity contribution in [3.63, 3.8) is 0 Å². The summed E-state index contributed by atoms with van der Waals surface area (Å²) in [5, 5.41) is 36.4. The Hall–Kier alpha value is -4.58. The highest BCUT2D eigenvalue weighted by atomic mass is 35.5. The molecule has 1 amide bonds. The number of ether oxygens (including phenoxy) is 2. The number of imidazole rings is 1. The number of carbonyl (C=O) groups is 2. The zero-order chi connectivity index (χ0) is 31.7. The van der Waals surface area contributed by atoms with Crippen LogP contribution in [0.4, 0.5) is 5.82 Å². The summed E-state index contributed by atoms with van der Waals surface area (Å²) in [4.78, 5) is 38.2. The number of hydrogen-bond acceptors (Lipinski definition) is 10. The van der Waals surface area contributed by atoms with Crippen LogP contribution in [0.15, 0.2) is 67.0 Å². The fourth-order valence-electron chi connectivity index (χ4n) is 4.44. The second kappa shape index (κ2) is 14.7. The number of aliphatic carboxylic acids is 1. The van der Waals surface area contributed by atoms with Crippen molar-refractivity contribution in [3.8, 4) is 12.3 Å². The SMILES string of the molecule is C#C[C@@H](O)[C@@H](O[C@@H](CO)COC(Cc1ccccc1)(C(=O)O)C(=O)NC)n1cnc2c(NCc3ccccc3)nc(Cl)nc21. The second-order valence-electron chi connectivity index (χ2n) is 9.63. The third-order valence-corrected chi connectivity index (χ3v) is 6.87. The lowest BCUT2D eigenvalue weighted by Crippen LogP contribution is -2.56. The number of carboxylic acids is 1. The van der Waals surface area contributed by atoms with Crippen LogP contribution in [0, 0.1) is 12.3 Å². The first-order valence-corrected chi connectivity index (χ1v) is 13.8. The van der Waals surface area contributed by atoms with Crippen molar-refractivity contribution in [2.24, 2.45) is 0 Å². The van der Waals surface area contributed by atoms with Crippen molar-refractivity contribution >= 4 is 40.5 Å². The van der Waals surface area contributed by atoms with E-state index in [1.165, 1.54) is 17.9 Å². The molecule has 230 valence electrons. The summed E-state index contributed by atoms with van der Waals surface area (Å²) in [5.74, 6) is 0.0486. The predicted octanol–water partition coefficient (Wildman–Crippen LogP) is 1.79. The molecule has 0 spiro atoms. The van der Waals surface area contributed by atoms with Gasteiger partial charge in [-0.1, -0.05) is 66.6 Å². The van der Waals surface area contributed by atoms with E-state index in [0.717, 1.165) is 5.56 Å². The minimum atomic E-state index is -2.35. The molecule has 14 heteroatoms. The Morgan fingerprint density at radius 1 is 1.11 bits per heavy atom. The summed E-state index contributed by atoms with van der Waals surface area (Å²) in [6.45, 7) is -0.843. The number of aliphatic hydroxyl groups is 2. The number of amides is 1. The number of likely N-dealkylation sites (N-methyl/N-ethyl adjacent to an activating group) is 1. The smallest absolute Gasteiger partial charge is 0.346 e. The van der Waals surface area contributed by atoms with Gasteiger partial charge in [-0.15, -0.1) is 6.42 Å². The number of aliphatic hydroxyl groups excluding tert-OH is 2. The largest absolute Gasteiger partial charge is 0.479 e. The van der Waals surface area contributed by atoms with Gasteiger partial charge in [-0.3, -0.25) is 9.36 Å². The van der Waals surface area contributed by atoms with Crippen molar-refractivity contribution in [2.75, 3.05) is 25.6 Å². The van der Waals surface area contributed by atoms with E-state index in [9.17, 15) is 24.9 Å². The molecule has 0 saturated heterocycles. The van der Waals surface area contributed by atoms with Gasteiger partial charge in [-0.2, -0.15) is 9.97 Å². The molecule has 0 aliphatic rings. The number of rotatable bonds is 15. The molecule has 4 rings (SSSR count). The predicted molar refractivity (Wildman–Crippen MR) is 160 cm³/mol. The Kier molecular flexibility index (Phi) is 10.8. The van der Waals surface area contributed by atoms with Crippen LogP contribution in [0.2, 0.25) is 5.28 Å². The summed E-state index contributed by atoms with van der Waals surface area (Å²) < 4.78 is 13.0. The van der Waals surface area contributed by atoms with E-state index in [1.54, 1.807) is 30.3 Å². The molecule has 2 heterocycles. The van der Waals surface area contributed by atoms with E-state index in [1.807, 2.05) is 30.3 Å². The van der Waals surface area contributed by atoms with E-state index in [-0.39, 0.29) is 17.4 Å². The van der Waals surface area contributed by atoms with Crippen LogP contribution in [0.25, 0.3) is 11.2 Å². The number of carboxylic acid groups (broad SMARTS) is 1. The number of aromatic nitrogens is 4. The van der Waals surface area contributed by atoms with Crippen LogP contribution in [-0.2, 0) is 32.0 Å². The third-order valence-electron chi connectivity index (χ3n) is 6.70. The minimum absolute atomic E-state index is 0.122. The normalized spacial score (nSPS) is 14.6. The molecule has 4 aromatic rings. The van der Waals surface area contributed by atoms with Gasteiger partial charge in [-0.05, 0) is 22.7 Å². The van der Waals surface area contributed by atoms with E-state index < -0.39 is 49.1 Å². The van der Waals surface area contributed by atoms with Gasteiger partial charge < -0.3 is 35.4 Å². The molecule has 2 aromatic carbocycles. The molecule has 0 saturated carbocycles. The van der Waals surface area contributed by atoms with Gasteiger partial charge in [0.2, 0.25) is 10.9 Å². The molecule has 0 aliphatic carbocycles. The van der Waals surface area contributed by atoms with Crippen LogP contribution < -0.4 is 10.6 Å². The maximum atomic E-state index is 12.9. The number of nitrogens with one attached hydrogen (secondary N) is 2. The van der Waals surface area contributed by atoms with E-state index in [2.05, 4.69) is 31.5 Å². The molecule has 13 nitrogen and oxygen atoms in total. The Morgan fingerprint density at radius 3 is 2.36 bits per heavy atom. The maximum Gasteiger partial charge on any atom is 0.346 e. The first-order valence-electron chi connectivity index (χ1n) is 13.4. The molecule has 0 radical (unpaired) electrons. The topological polar surface area (TPSA) is 181 Å². The summed E-state index contributed by atoms with van der Waals surface area (Å²) >= 11 is 6.22. The van der Waals surface area contributed by atoms with Crippen molar-refractivity contribution in [1.29, 1.82) is 0 Å².